The molecule has 0 fully saturated rings. The lowest BCUT2D eigenvalue weighted by Crippen LogP contribution is -2.42. The van der Waals surface area contributed by atoms with Crippen molar-refractivity contribution in [3.05, 3.63) is 35.4 Å². The Kier molecular flexibility index (Phi) is 6.75. The van der Waals surface area contributed by atoms with E-state index in [0.717, 1.165) is 5.56 Å². The summed E-state index contributed by atoms with van der Waals surface area (Å²) in [5, 5.41) is 0. The van der Waals surface area contributed by atoms with Crippen LogP contribution in [0.2, 0.25) is 0 Å². The molecule has 0 heterocycles. The van der Waals surface area contributed by atoms with E-state index < -0.39 is 17.9 Å². The zero-order valence-corrected chi connectivity index (χ0v) is 14.0. The van der Waals surface area contributed by atoms with Crippen molar-refractivity contribution in [2.75, 3.05) is 7.05 Å². The number of aryl methyl sites for hydroxylation is 1. The third kappa shape index (κ3) is 5.39. The molecular formula is C17H24N2O4. The average Bonchev–Trinajstić information content (AvgIpc) is 2.50. The summed E-state index contributed by atoms with van der Waals surface area (Å²) in [4.78, 5) is 36.8. The SMILES string of the molecule is CC(C)OC(=O)[C@H](C)N(C)C(=O)CCc1ccccc1C(N)=O. The number of nitrogens with zero attached hydrogens (tertiary/aromatic N) is 1. The van der Waals surface area contributed by atoms with Crippen LogP contribution in [0, 0.1) is 0 Å². The quantitative estimate of drug-likeness (QED) is 0.771. The van der Waals surface area contributed by atoms with E-state index in [1.165, 1.54) is 4.90 Å². The Bertz CT molecular complexity index is 584. The Morgan fingerprint density at radius 3 is 2.35 bits per heavy atom. The first-order valence-corrected chi connectivity index (χ1v) is 7.58. The van der Waals surface area contributed by atoms with Crippen LogP contribution >= 0.6 is 0 Å². The molecule has 0 aromatic heterocycles. The summed E-state index contributed by atoms with van der Waals surface area (Å²) < 4.78 is 5.10. The highest BCUT2D eigenvalue weighted by atomic mass is 16.5. The number of nitrogens with two attached hydrogens (primary N) is 1. The largest absolute Gasteiger partial charge is 0.461 e. The van der Waals surface area contributed by atoms with Crippen molar-refractivity contribution in [1.82, 2.24) is 4.90 Å². The van der Waals surface area contributed by atoms with Gasteiger partial charge in [0.1, 0.15) is 6.04 Å². The third-order valence-electron chi connectivity index (χ3n) is 3.56. The molecule has 0 aliphatic carbocycles. The van der Waals surface area contributed by atoms with Crippen molar-refractivity contribution >= 4 is 17.8 Å². The van der Waals surface area contributed by atoms with Crippen LogP contribution in [-0.4, -0.2) is 41.9 Å². The highest BCUT2D eigenvalue weighted by molar-refractivity contribution is 5.94. The second-order valence-electron chi connectivity index (χ2n) is 5.69. The Morgan fingerprint density at radius 2 is 1.78 bits per heavy atom. The van der Waals surface area contributed by atoms with Gasteiger partial charge in [0.2, 0.25) is 11.8 Å². The average molecular weight is 320 g/mol. The van der Waals surface area contributed by atoms with Gasteiger partial charge in [0.15, 0.2) is 0 Å². The second-order valence-corrected chi connectivity index (χ2v) is 5.69. The number of amides is 2. The number of likely N-dealkylation sites (N-methyl/N-ethyl adjacent to an activating group) is 1. The van der Waals surface area contributed by atoms with E-state index in [2.05, 4.69) is 0 Å². The molecule has 126 valence electrons. The summed E-state index contributed by atoms with van der Waals surface area (Å²) in [6, 6.07) is 6.26. The predicted molar refractivity (Wildman–Crippen MR) is 86.7 cm³/mol. The molecule has 0 saturated carbocycles. The minimum atomic E-state index is -0.656. The lowest BCUT2D eigenvalue weighted by atomic mass is 10.0. The van der Waals surface area contributed by atoms with Gasteiger partial charge in [-0.25, -0.2) is 4.79 Å². The molecule has 1 aromatic rings. The van der Waals surface area contributed by atoms with Gasteiger partial charge in [0, 0.05) is 19.0 Å². The van der Waals surface area contributed by atoms with E-state index in [1.54, 1.807) is 52.1 Å². The molecule has 1 rings (SSSR count). The van der Waals surface area contributed by atoms with Crippen LogP contribution in [0.25, 0.3) is 0 Å². The molecule has 0 saturated heterocycles. The van der Waals surface area contributed by atoms with E-state index in [9.17, 15) is 14.4 Å². The van der Waals surface area contributed by atoms with Gasteiger partial charge in [0.25, 0.3) is 0 Å². The summed E-state index contributed by atoms with van der Waals surface area (Å²) in [6.45, 7) is 5.14. The van der Waals surface area contributed by atoms with Gasteiger partial charge >= 0.3 is 5.97 Å². The number of carbonyl (C=O) groups excluding carboxylic acids is 3. The first-order valence-electron chi connectivity index (χ1n) is 7.58. The smallest absolute Gasteiger partial charge is 0.328 e. The first kappa shape index (κ1) is 18.7. The Labute approximate surface area is 136 Å². The number of rotatable bonds is 7. The minimum absolute atomic E-state index is 0.181. The zero-order valence-electron chi connectivity index (χ0n) is 14.0. The van der Waals surface area contributed by atoms with Gasteiger partial charge in [-0.15, -0.1) is 0 Å². The maximum Gasteiger partial charge on any atom is 0.328 e. The van der Waals surface area contributed by atoms with Crippen molar-refractivity contribution < 1.29 is 19.1 Å². The Balaban J connectivity index is 2.66. The van der Waals surface area contributed by atoms with E-state index >= 15 is 0 Å². The summed E-state index contributed by atoms with van der Waals surface area (Å²) in [5.41, 5.74) is 6.45. The number of hydrogen-bond acceptors (Lipinski definition) is 4. The van der Waals surface area contributed by atoms with Crippen molar-refractivity contribution in [1.29, 1.82) is 0 Å². The van der Waals surface area contributed by atoms with Crippen molar-refractivity contribution in [3.63, 3.8) is 0 Å². The van der Waals surface area contributed by atoms with Crippen LogP contribution in [0.5, 0.6) is 0 Å². The number of ether oxygens (including phenoxy) is 1. The number of benzene rings is 1. The van der Waals surface area contributed by atoms with Gasteiger partial charge in [-0.3, -0.25) is 9.59 Å². The van der Waals surface area contributed by atoms with Gasteiger partial charge in [-0.1, -0.05) is 18.2 Å². The van der Waals surface area contributed by atoms with E-state index in [-0.39, 0.29) is 18.4 Å². The summed E-state index contributed by atoms with van der Waals surface area (Å²) >= 11 is 0. The minimum Gasteiger partial charge on any atom is -0.461 e. The van der Waals surface area contributed by atoms with E-state index in [1.807, 2.05) is 0 Å². The standard InChI is InChI=1S/C17H24N2O4/c1-11(2)23-17(22)12(3)19(4)15(20)10-9-13-7-5-6-8-14(13)16(18)21/h5-8,11-12H,9-10H2,1-4H3,(H2,18,21)/t12-/m0/s1. The van der Waals surface area contributed by atoms with Crippen LogP contribution in [-0.2, 0) is 20.7 Å². The van der Waals surface area contributed by atoms with Crippen LogP contribution in [0.1, 0.15) is 43.1 Å². The summed E-state index contributed by atoms with van der Waals surface area (Å²) in [5.74, 6) is -1.15. The van der Waals surface area contributed by atoms with Crippen LogP contribution < -0.4 is 5.73 Å². The van der Waals surface area contributed by atoms with Gasteiger partial charge in [0.05, 0.1) is 6.10 Å². The lowest BCUT2D eigenvalue weighted by molar-refractivity contribution is -0.156. The molecule has 0 aliphatic heterocycles. The zero-order chi connectivity index (χ0) is 17.6. The summed E-state index contributed by atoms with van der Waals surface area (Å²) in [6.07, 6.45) is 0.338. The molecule has 6 heteroatoms. The highest BCUT2D eigenvalue weighted by Gasteiger charge is 2.24. The van der Waals surface area contributed by atoms with E-state index in [0.29, 0.717) is 12.0 Å². The summed E-state index contributed by atoms with van der Waals surface area (Å²) in [7, 11) is 1.56. The molecule has 0 radical (unpaired) electrons. The number of carbonyl (C=O) groups is 3. The molecule has 1 aromatic carbocycles. The number of hydrogen-bond donors (Lipinski definition) is 1. The monoisotopic (exact) mass is 320 g/mol. The van der Waals surface area contributed by atoms with Crippen LogP contribution in [0.15, 0.2) is 24.3 Å². The Hall–Kier alpha value is -2.37. The lowest BCUT2D eigenvalue weighted by Gasteiger charge is -2.24. The van der Waals surface area contributed by atoms with Gasteiger partial charge in [-0.2, -0.15) is 0 Å². The molecule has 23 heavy (non-hydrogen) atoms. The van der Waals surface area contributed by atoms with Gasteiger partial charge in [-0.05, 0) is 38.8 Å². The predicted octanol–water partition coefficient (Wildman–Crippen LogP) is 1.52. The van der Waals surface area contributed by atoms with Crippen LogP contribution in [0.3, 0.4) is 0 Å². The molecule has 0 aliphatic rings. The second kappa shape index (κ2) is 8.31. The van der Waals surface area contributed by atoms with Gasteiger partial charge < -0.3 is 15.4 Å². The molecule has 0 bridgehead atoms. The fraction of sp³-hybridized carbons (Fsp3) is 0.471. The fourth-order valence-corrected chi connectivity index (χ4v) is 2.10. The van der Waals surface area contributed by atoms with Crippen molar-refractivity contribution in [2.45, 2.75) is 45.8 Å². The number of esters is 1. The normalized spacial score (nSPS) is 11.9. The highest BCUT2D eigenvalue weighted by Crippen LogP contribution is 2.12. The van der Waals surface area contributed by atoms with E-state index in [4.69, 9.17) is 10.5 Å². The molecule has 2 N–H and O–H groups in total. The number of primary amides is 1. The maximum absolute atomic E-state index is 12.2. The van der Waals surface area contributed by atoms with Crippen molar-refractivity contribution in [3.8, 4) is 0 Å². The molecule has 0 spiro atoms. The molecular weight excluding hydrogens is 296 g/mol. The van der Waals surface area contributed by atoms with Crippen molar-refractivity contribution in [2.24, 2.45) is 5.73 Å². The maximum atomic E-state index is 12.2. The molecule has 2 amide bonds. The molecule has 1 atom stereocenters. The van der Waals surface area contributed by atoms with Crippen LogP contribution in [0.4, 0.5) is 0 Å². The fourth-order valence-electron chi connectivity index (χ4n) is 2.10. The molecule has 0 unspecified atom stereocenters. The first-order chi connectivity index (χ1) is 10.7. The topological polar surface area (TPSA) is 89.7 Å². The molecule has 6 nitrogen and oxygen atoms in total. The third-order valence-corrected chi connectivity index (χ3v) is 3.56. The Morgan fingerprint density at radius 1 is 1.17 bits per heavy atom.